The number of ether oxygens (including phenoxy) is 6. The summed E-state index contributed by atoms with van der Waals surface area (Å²) in [5.74, 6) is 0.706. The van der Waals surface area contributed by atoms with E-state index in [-0.39, 0.29) is 37.1 Å². The molecule has 184 valence electrons. The van der Waals surface area contributed by atoms with Crippen molar-refractivity contribution >= 4 is 30.4 Å². The van der Waals surface area contributed by atoms with Crippen LogP contribution in [0.4, 0.5) is 10.5 Å². The molecular weight excluding hydrogens is 466 g/mol. The van der Waals surface area contributed by atoms with Gasteiger partial charge in [-0.15, -0.1) is 0 Å². The average Bonchev–Trinajstić information content (AvgIpc) is 3.30. The summed E-state index contributed by atoms with van der Waals surface area (Å²) in [6.07, 6.45) is -2.12. The van der Waals surface area contributed by atoms with Crippen LogP contribution in [0.5, 0.6) is 23.0 Å². The number of amides is 1. The zero-order valence-corrected chi connectivity index (χ0v) is 19.7. The first-order valence-corrected chi connectivity index (χ1v) is 11.2. The van der Waals surface area contributed by atoms with Crippen LogP contribution in [0.2, 0.25) is 0 Å². The molecule has 2 atom stereocenters. The molecule has 0 saturated heterocycles. The van der Waals surface area contributed by atoms with Crippen molar-refractivity contribution in [3.63, 3.8) is 0 Å². The Hall–Kier alpha value is -3.31. The molecule has 3 rings (SSSR count). The van der Waals surface area contributed by atoms with Gasteiger partial charge in [-0.2, -0.15) is 12.6 Å². The number of thiol groups is 1. The van der Waals surface area contributed by atoms with Crippen molar-refractivity contribution in [3.8, 4) is 23.0 Å². The van der Waals surface area contributed by atoms with Crippen molar-refractivity contribution < 1.29 is 43.1 Å². The molecule has 0 spiro atoms. The fraction of sp³-hybridized carbons (Fsp3) is 0.391. The van der Waals surface area contributed by atoms with Gasteiger partial charge < -0.3 is 33.5 Å². The molecule has 11 heteroatoms. The topological polar surface area (TPSA) is 122 Å². The highest BCUT2D eigenvalue weighted by atomic mass is 32.1. The smallest absolute Gasteiger partial charge is 0.412 e. The molecule has 2 aromatic rings. The Kier molecular flexibility index (Phi) is 9.11. The average molecular weight is 494 g/mol. The lowest BCUT2D eigenvalue weighted by Gasteiger charge is -2.27. The van der Waals surface area contributed by atoms with Gasteiger partial charge in [0.2, 0.25) is 6.79 Å². The van der Waals surface area contributed by atoms with E-state index in [0.717, 1.165) is 0 Å². The maximum Gasteiger partial charge on any atom is 0.412 e. The lowest BCUT2D eigenvalue weighted by Crippen LogP contribution is -2.30. The largest absolute Gasteiger partial charge is 0.504 e. The van der Waals surface area contributed by atoms with Crippen LogP contribution in [0.25, 0.3) is 0 Å². The summed E-state index contributed by atoms with van der Waals surface area (Å²) < 4.78 is 32.4. The third-order valence-corrected chi connectivity index (χ3v) is 5.16. The molecule has 1 aliphatic heterocycles. The molecule has 1 heterocycles. The first-order valence-electron chi connectivity index (χ1n) is 10.6. The van der Waals surface area contributed by atoms with Gasteiger partial charge in [0, 0.05) is 24.8 Å². The Morgan fingerprint density at radius 2 is 1.97 bits per heavy atom. The van der Waals surface area contributed by atoms with Crippen molar-refractivity contribution in [2.45, 2.75) is 25.6 Å². The van der Waals surface area contributed by atoms with Gasteiger partial charge in [-0.05, 0) is 36.8 Å². The van der Waals surface area contributed by atoms with E-state index in [1.54, 1.807) is 37.3 Å². The van der Waals surface area contributed by atoms with E-state index >= 15 is 0 Å². The Labute approximate surface area is 202 Å². The molecule has 0 radical (unpaired) electrons. The van der Waals surface area contributed by atoms with E-state index in [2.05, 4.69) is 17.9 Å². The molecule has 10 nitrogen and oxygen atoms in total. The molecule has 0 saturated carbocycles. The number of phenolic OH excluding ortho intramolecular Hbond substituents is 1. The minimum absolute atomic E-state index is 0.0375. The van der Waals surface area contributed by atoms with Crippen LogP contribution in [0.15, 0.2) is 36.4 Å². The number of rotatable bonds is 11. The lowest BCUT2D eigenvalue weighted by molar-refractivity contribution is -0.142. The third-order valence-electron chi connectivity index (χ3n) is 4.90. The molecule has 2 aromatic carbocycles. The van der Waals surface area contributed by atoms with Crippen LogP contribution in [0.3, 0.4) is 0 Å². The molecule has 2 N–H and O–H groups in total. The standard InChI is InChI=1S/C23H27NO9S/c1-3-29-19(8-9-30-21(26)12-34)22(14-4-6-17(28-2)16(25)10-14)33-23(27)24-15-5-7-18-20(11-15)32-13-31-18/h4-7,10-11,19,22,25,34H,3,8-9,12-13H2,1-2H3,(H,24,27)/t19-,22-/m1/s1. The van der Waals surface area contributed by atoms with Crippen LogP contribution < -0.4 is 19.5 Å². The fourth-order valence-electron chi connectivity index (χ4n) is 3.35. The molecule has 0 bridgehead atoms. The van der Waals surface area contributed by atoms with Crippen LogP contribution >= 0.6 is 12.6 Å². The van der Waals surface area contributed by atoms with Crippen molar-refractivity contribution in [3.05, 3.63) is 42.0 Å². The number of benzene rings is 2. The molecule has 0 aromatic heterocycles. The van der Waals surface area contributed by atoms with Crippen molar-refractivity contribution in [2.75, 3.05) is 38.2 Å². The molecule has 34 heavy (non-hydrogen) atoms. The number of esters is 1. The lowest BCUT2D eigenvalue weighted by atomic mass is 10.0. The highest BCUT2D eigenvalue weighted by molar-refractivity contribution is 7.81. The van der Waals surface area contributed by atoms with Gasteiger partial charge in [0.15, 0.2) is 29.1 Å². The molecule has 1 amide bonds. The first kappa shape index (κ1) is 25.3. The van der Waals surface area contributed by atoms with E-state index in [4.69, 9.17) is 28.4 Å². The second-order valence-corrected chi connectivity index (χ2v) is 7.43. The Balaban J connectivity index is 1.79. The quantitative estimate of drug-likeness (QED) is 0.318. The predicted molar refractivity (Wildman–Crippen MR) is 125 cm³/mol. The summed E-state index contributed by atoms with van der Waals surface area (Å²) in [6, 6.07) is 9.59. The van der Waals surface area contributed by atoms with Gasteiger partial charge in [0.1, 0.15) is 6.10 Å². The number of methoxy groups -OCH3 is 1. The van der Waals surface area contributed by atoms with E-state index < -0.39 is 24.3 Å². The maximum atomic E-state index is 12.8. The van der Waals surface area contributed by atoms with Gasteiger partial charge in [0.05, 0.1) is 19.5 Å². The number of aromatic hydroxyl groups is 1. The van der Waals surface area contributed by atoms with Crippen LogP contribution in [0, 0.1) is 0 Å². The molecular formula is C23H27NO9S. The maximum absolute atomic E-state index is 12.8. The number of anilines is 1. The number of nitrogens with one attached hydrogen (secondary N) is 1. The van der Waals surface area contributed by atoms with E-state index in [0.29, 0.717) is 29.4 Å². The molecule has 1 aliphatic rings. The highest BCUT2D eigenvalue weighted by Crippen LogP contribution is 2.36. The van der Waals surface area contributed by atoms with Crippen molar-refractivity contribution in [2.24, 2.45) is 0 Å². The minimum atomic E-state index is -0.930. The second-order valence-electron chi connectivity index (χ2n) is 7.11. The normalized spacial score (nSPS) is 13.6. The van der Waals surface area contributed by atoms with Gasteiger partial charge in [-0.1, -0.05) is 6.07 Å². The number of carbonyl (C=O) groups excluding carboxylic acids is 2. The predicted octanol–water partition coefficient (Wildman–Crippen LogP) is 3.69. The first-order chi connectivity index (χ1) is 16.4. The number of fused-ring (bicyclic) bond motifs is 1. The van der Waals surface area contributed by atoms with E-state index in [9.17, 15) is 14.7 Å². The SMILES string of the molecule is CCO[C@H](CCOC(=O)CS)[C@H](OC(=O)Nc1ccc2c(c1)OCO2)c1ccc(OC)c(O)c1. The van der Waals surface area contributed by atoms with Crippen molar-refractivity contribution in [1.82, 2.24) is 0 Å². The molecule has 0 fully saturated rings. The minimum Gasteiger partial charge on any atom is -0.504 e. The summed E-state index contributed by atoms with van der Waals surface area (Å²) >= 11 is 3.89. The van der Waals surface area contributed by atoms with Crippen LogP contribution in [0.1, 0.15) is 25.0 Å². The monoisotopic (exact) mass is 493 g/mol. The number of hydrogen-bond donors (Lipinski definition) is 3. The third kappa shape index (κ3) is 6.61. The molecule has 0 aliphatic carbocycles. The number of hydrogen-bond acceptors (Lipinski definition) is 10. The van der Waals surface area contributed by atoms with Gasteiger partial charge in [-0.3, -0.25) is 10.1 Å². The zero-order chi connectivity index (χ0) is 24.5. The Morgan fingerprint density at radius 1 is 1.18 bits per heavy atom. The number of carbonyl (C=O) groups is 2. The van der Waals surface area contributed by atoms with Crippen molar-refractivity contribution in [1.29, 1.82) is 0 Å². The summed E-state index contributed by atoms with van der Waals surface area (Å²) in [7, 11) is 1.43. The summed E-state index contributed by atoms with van der Waals surface area (Å²) in [6.45, 7) is 2.26. The Morgan fingerprint density at radius 3 is 2.68 bits per heavy atom. The second kappa shape index (κ2) is 12.2. The van der Waals surface area contributed by atoms with Crippen LogP contribution in [-0.2, 0) is 19.0 Å². The molecule has 0 unspecified atom stereocenters. The fourth-order valence-corrected chi connectivity index (χ4v) is 3.44. The van der Waals surface area contributed by atoms with Gasteiger partial charge >= 0.3 is 12.1 Å². The van der Waals surface area contributed by atoms with Crippen LogP contribution in [-0.4, -0.2) is 56.1 Å². The number of phenols is 1. The van der Waals surface area contributed by atoms with E-state index in [1.165, 1.54) is 13.2 Å². The highest BCUT2D eigenvalue weighted by Gasteiger charge is 2.29. The van der Waals surface area contributed by atoms with Gasteiger partial charge in [0.25, 0.3) is 0 Å². The Bertz CT molecular complexity index is 1000. The summed E-state index contributed by atoms with van der Waals surface area (Å²) in [5, 5.41) is 12.9. The zero-order valence-electron chi connectivity index (χ0n) is 18.8. The summed E-state index contributed by atoms with van der Waals surface area (Å²) in [4.78, 5) is 24.3. The van der Waals surface area contributed by atoms with E-state index in [1.807, 2.05) is 0 Å². The summed E-state index contributed by atoms with van der Waals surface area (Å²) in [5.41, 5.74) is 0.916. The van der Waals surface area contributed by atoms with Gasteiger partial charge in [-0.25, -0.2) is 4.79 Å².